The summed E-state index contributed by atoms with van der Waals surface area (Å²) in [5.41, 5.74) is -0.938. The molecule has 1 N–H and O–H groups in total. The Hall–Kier alpha value is -1.21. The van der Waals surface area contributed by atoms with Crippen molar-refractivity contribution in [1.29, 1.82) is 0 Å². The van der Waals surface area contributed by atoms with Gasteiger partial charge in [0.05, 0.1) is 5.56 Å². The van der Waals surface area contributed by atoms with E-state index in [1.165, 1.54) is 25.0 Å². The molecule has 3 atom stereocenters. The maximum atomic E-state index is 12.8. The van der Waals surface area contributed by atoms with E-state index in [9.17, 15) is 18.0 Å². The van der Waals surface area contributed by atoms with E-state index in [0.717, 1.165) is 18.7 Å². The summed E-state index contributed by atoms with van der Waals surface area (Å²) < 4.78 is 38.4. The zero-order valence-corrected chi connectivity index (χ0v) is 14.5. The summed E-state index contributed by atoms with van der Waals surface area (Å²) in [6.45, 7) is 5.19. The third-order valence-corrected chi connectivity index (χ3v) is 6.19. The van der Waals surface area contributed by atoms with Crippen molar-refractivity contribution in [2.75, 3.05) is 6.54 Å². The highest BCUT2D eigenvalue weighted by Gasteiger charge is 2.40. The molecule has 2 fully saturated rings. The molecule has 3 unspecified atom stereocenters. The number of benzene rings is 1. The first-order valence-electron chi connectivity index (χ1n) is 8.15. The van der Waals surface area contributed by atoms with Crippen LogP contribution in [0.1, 0.15) is 42.6 Å². The van der Waals surface area contributed by atoms with Crippen molar-refractivity contribution in [3.8, 4) is 0 Å². The number of halogens is 3. The summed E-state index contributed by atoms with van der Waals surface area (Å²) in [4.78, 5) is 14.7. The van der Waals surface area contributed by atoms with E-state index in [2.05, 4.69) is 24.1 Å². The highest BCUT2D eigenvalue weighted by atomic mass is 32.2. The SMILES string of the molecule is CC1SC(NC(=O)c2cccc(C(F)(F)F)c2)N(CC2CC2)C1C. The van der Waals surface area contributed by atoms with Gasteiger partial charge in [-0.2, -0.15) is 13.2 Å². The maximum Gasteiger partial charge on any atom is 0.416 e. The Labute approximate surface area is 144 Å². The Morgan fingerprint density at radius 2 is 2.04 bits per heavy atom. The minimum atomic E-state index is -4.45. The predicted molar refractivity (Wildman–Crippen MR) is 88.6 cm³/mol. The molecular formula is C17H21F3N2OS. The molecule has 1 aromatic rings. The fourth-order valence-electron chi connectivity index (χ4n) is 2.89. The van der Waals surface area contributed by atoms with Crippen molar-refractivity contribution in [1.82, 2.24) is 10.2 Å². The van der Waals surface area contributed by atoms with Gasteiger partial charge in [0.15, 0.2) is 0 Å². The highest BCUT2D eigenvalue weighted by molar-refractivity contribution is 8.00. The van der Waals surface area contributed by atoms with E-state index in [0.29, 0.717) is 17.2 Å². The van der Waals surface area contributed by atoms with Gasteiger partial charge in [-0.25, -0.2) is 0 Å². The Bertz CT molecular complexity index is 618. The van der Waals surface area contributed by atoms with Crippen molar-refractivity contribution in [2.24, 2.45) is 5.92 Å². The maximum absolute atomic E-state index is 12.8. The largest absolute Gasteiger partial charge is 0.416 e. The summed E-state index contributed by atoms with van der Waals surface area (Å²) >= 11 is 1.66. The van der Waals surface area contributed by atoms with Crippen LogP contribution in [-0.4, -0.2) is 34.1 Å². The van der Waals surface area contributed by atoms with E-state index in [1.807, 2.05) is 0 Å². The second kappa shape index (κ2) is 6.59. The van der Waals surface area contributed by atoms with Crippen LogP contribution in [0.2, 0.25) is 0 Å². The molecule has 7 heteroatoms. The molecule has 0 aromatic heterocycles. The van der Waals surface area contributed by atoms with E-state index in [1.54, 1.807) is 11.8 Å². The fraction of sp³-hybridized carbons (Fsp3) is 0.588. The van der Waals surface area contributed by atoms with Crippen LogP contribution >= 0.6 is 11.8 Å². The molecule has 3 rings (SSSR count). The van der Waals surface area contributed by atoms with Crippen LogP contribution < -0.4 is 5.32 Å². The van der Waals surface area contributed by atoms with Crippen LogP contribution in [0.4, 0.5) is 13.2 Å². The fourth-order valence-corrected chi connectivity index (χ4v) is 4.29. The van der Waals surface area contributed by atoms with Crippen LogP contribution in [0.15, 0.2) is 24.3 Å². The molecular weight excluding hydrogens is 337 g/mol. The summed E-state index contributed by atoms with van der Waals surface area (Å²) in [7, 11) is 0. The molecule has 1 heterocycles. The summed E-state index contributed by atoms with van der Waals surface area (Å²) in [6.07, 6.45) is -2.01. The molecule has 1 aromatic carbocycles. The van der Waals surface area contributed by atoms with E-state index in [-0.39, 0.29) is 11.1 Å². The van der Waals surface area contributed by atoms with Gasteiger partial charge in [-0.05, 0) is 43.9 Å². The molecule has 0 radical (unpaired) electrons. The zero-order valence-electron chi connectivity index (χ0n) is 13.6. The number of amides is 1. The molecule has 1 aliphatic carbocycles. The van der Waals surface area contributed by atoms with Crippen molar-refractivity contribution < 1.29 is 18.0 Å². The minimum absolute atomic E-state index is 0.0454. The lowest BCUT2D eigenvalue weighted by Gasteiger charge is -2.28. The molecule has 1 amide bonds. The Morgan fingerprint density at radius 3 is 2.67 bits per heavy atom. The molecule has 24 heavy (non-hydrogen) atoms. The number of carbonyl (C=O) groups excluding carboxylic acids is 1. The highest BCUT2D eigenvalue weighted by Crippen LogP contribution is 2.39. The first-order chi connectivity index (χ1) is 11.3. The first-order valence-corrected chi connectivity index (χ1v) is 9.09. The van der Waals surface area contributed by atoms with Crippen LogP contribution in [-0.2, 0) is 6.18 Å². The number of carbonyl (C=O) groups is 1. The van der Waals surface area contributed by atoms with E-state index in [4.69, 9.17) is 0 Å². The lowest BCUT2D eigenvalue weighted by atomic mass is 10.1. The van der Waals surface area contributed by atoms with Gasteiger partial charge < -0.3 is 5.32 Å². The summed E-state index contributed by atoms with van der Waals surface area (Å²) in [6, 6.07) is 4.91. The average Bonchev–Trinajstić information content (AvgIpc) is 3.30. The smallest absolute Gasteiger partial charge is 0.327 e. The van der Waals surface area contributed by atoms with E-state index >= 15 is 0 Å². The number of rotatable bonds is 4. The van der Waals surface area contributed by atoms with Crippen LogP contribution in [0, 0.1) is 5.92 Å². The first kappa shape index (κ1) is 17.6. The molecule has 1 saturated carbocycles. The molecule has 1 aliphatic heterocycles. The predicted octanol–water partition coefficient (Wildman–Crippen LogP) is 3.95. The number of alkyl halides is 3. The molecule has 1 saturated heterocycles. The van der Waals surface area contributed by atoms with Gasteiger partial charge >= 0.3 is 6.18 Å². The lowest BCUT2D eigenvalue weighted by molar-refractivity contribution is -0.137. The molecule has 132 valence electrons. The monoisotopic (exact) mass is 358 g/mol. The number of thioether (sulfide) groups is 1. The molecule has 0 spiro atoms. The Balaban J connectivity index is 1.71. The topological polar surface area (TPSA) is 32.3 Å². The molecule has 0 bridgehead atoms. The summed E-state index contributed by atoms with van der Waals surface area (Å²) in [5, 5.41) is 3.27. The van der Waals surface area contributed by atoms with Gasteiger partial charge in [-0.1, -0.05) is 13.0 Å². The number of hydrogen-bond acceptors (Lipinski definition) is 3. The van der Waals surface area contributed by atoms with Crippen molar-refractivity contribution in [3.05, 3.63) is 35.4 Å². The second-order valence-electron chi connectivity index (χ2n) is 6.63. The number of nitrogens with one attached hydrogen (secondary N) is 1. The standard InChI is InChI=1S/C17H21F3N2OS/c1-10-11(2)24-16(22(10)9-12-6-7-12)21-15(23)13-4-3-5-14(8-13)17(18,19)20/h3-5,8,10-12,16H,6-7,9H2,1-2H3,(H,21,23). The van der Waals surface area contributed by atoms with Crippen LogP contribution in [0.3, 0.4) is 0 Å². The third-order valence-electron chi connectivity index (χ3n) is 4.72. The minimum Gasteiger partial charge on any atom is -0.327 e. The normalized spacial score (nSPS) is 28.1. The van der Waals surface area contributed by atoms with Gasteiger partial charge in [0.25, 0.3) is 5.91 Å². The Morgan fingerprint density at radius 1 is 1.33 bits per heavy atom. The van der Waals surface area contributed by atoms with Gasteiger partial charge in [-0.3, -0.25) is 9.69 Å². The summed E-state index contributed by atoms with van der Waals surface area (Å²) in [5.74, 6) is 0.229. The van der Waals surface area contributed by atoms with Crippen molar-refractivity contribution in [3.63, 3.8) is 0 Å². The number of hydrogen-bond donors (Lipinski definition) is 1. The van der Waals surface area contributed by atoms with Gasteiger partial charge in [0.2, 0.25) is 0 Å². The molecule has 3 nitrogen and oxygen atoms in total. The van der Waals surface area contributed by atoms with Crippen molar-refractivity contribution >= 4 is 17.7 Å². The Kier molecular flexibility index (Phi) is 4.84. The third kappa shape index (κ3) is 3.88. The second-order valence-corrected chi connectivity index (χ2v) is 8.09. The quantitative estimate of drug-likeness (QED) is 0.884. The average molecular weight is 358 g/mol. The van der Waals surface area contributed by atoms with Crippen molar-refractivity contribution in [2.45, 2.75) is 49.7 Å². The van der Waals surface area contributed by atoms with E-state index < -0.39 is 17.6 Å². The van der Waals surface area contributed by atoms with Crippen LogP contribution in [0.25, 0.3) is 0 Å². The van der Waals surface area contributed by atoms with Gasteiger partial charge in [-0.15, -0.1) is 11.8 Å². The number of nitrogens with zero attached hydrogens (tertiary/aromatic N) is 1. The molecule has 2 aliphatic rings. The van der Waals surface area contributed by atoms with Gasteiger partial charge in [0.1, 0.15) is 5.50 Å². The lowest BCUT2D eigenvalue weighted by Crippen LogP contribution is -2.46. The van der Waals surface area contributed by atoms with Gasteiger partial charge in [0, 0.05) is 23.4 Å². The van der Waals surface area contributed by atoms with Crippen LogP contribution in [0.5, 0.6) is 0 Å². The zero-order chi connectivity index (χ0) is 17.5.